The smallest absolute Gasteiger partial charge is 0.123 e. The Bertz CT molecular complexity index is 791. The number of hydrogen-bond acceptors (Lipinski definition) is 5. The maximum absolute atomic E-state index is 10.2. The summed E-state index contributed by atoms with van der Waals surface area (Å²) < 4.78 is 6.07. The maximum Gasteiger partial charge on any atom is 0.123 e. The van der Waals surface area contributed by atoms with Gasteiger partial charge in [-0.1, -0.05) is 45.7 Å². The summed E-state index contributed by atoms with van der Waals surface area (Å²) >= 11 is 1.90. The summed E-state index contributed by atoms with van der Waals surface area (Å²) in [5.41, 5.74) is 2.43. The van der Waals surface area contributed by atoms with Crippen LogP contribution in [0.15, 0.2) is 72.5 Å². The zero-order valence-electron chi connectivity index (χ0n) is 21.5. The van der Waals surface area contributed by atoms with E-state index < -0.39 is 0 Å². The number of ether oxygens (including phenoxy) is 1. The Kier molecular flexibility index (Phi) is 12.1. The van der Waals surface area contributed by atoms with E-state index in [1.807, 2.05) is 23.9 Å². The second-order valence-electron chi connectivity index (χ2n) is 9.51. The summed E-state index contributed by atoms with van der Waals surface area (Å²) in [5, 5.41) is 19.9. The molecule has 2 N–H and O–H groups in total. The van der Waals surface area contributed by atoms with Gasteiger partial charge in [0.15, 0.2) is 0 Å². The van der Waals surface area contributed by atoms with Gasteiger partial charge in [-0.15, -0.1) is 0 Å². The van der Waals surface area contributed by atoms with Gasteiger partial charge in [0, 0.05) is 31.2 Å². The third-order valence-electron chi connectivity index (χ3n) is 6.75. The summed E-state index contributed by atoms with van der Waals surface area (Å²) in [7, 11) is 0. The minimum atomic E-state index is 0.0897. The van der Waals surface area contributed by atoms with Crippen molar-refractivity contribution >= 4 is 11.8 Å². The number of rotatable bonds is 15. The van der Waals surface area contributed by atoms with Gasteiger partial charge in [0.2, 0.25) is 0 Å². The van der Waals surface area contributed by atoms with Crippen LogP contribution in [0.1, 0.15) is 59.3 Å². The second-order valence-corrected chi connectivity index (χ2v) is 10.8. The first-order valence-corrected chi connectivity index (χ1v) is 13.8. The van der Waals surface area contributed by atoms with E-state index in [0.29, 0.717) is 24.0 Å². The average molecular weight is 488 g/mol. The molecule has 1 unspecified atom stereocenters. The molecule has 0 aromatic carbocycles. The number of hydrogen-bond donors (Lipinski definition) is 2. The molecule has 0 radical (unpaired) electrons. The van der Waals surface area contributed by atoms with Gasteiger partial charge < -0.3 is 14.9 Å². The highest BCUT2D eigenvalue weighted by molar-refractivity contribution is 7.99. The fraction of sp³-hybridized carbons (Fsp3) is 0.586. The van der Waals surface area contributed by atoms with Crippen LogP contribution in [0.4, 0.5) is 0 Å². The lowest BCUT2D eigenvalue weighted by atomic mass is 9.82. The Hall–Kier alpha value is -1.85. The first-order valence-electron chi connectivity index (χ1n) is 12.7. The molecule has 190 valence electrons. The number of thioether (sulfide) groups is 1. The molecule has 0 aromatic rings. The molecule has 0 bridgehead atoms. The number of likely N-dealkylation sites (tertiary alicyclic amines) is 1. The number of aliphatic hydroxyl groups excluding tert-OH is 2. The summed E-state index contributed by atoms with van der Waals surface area (Å²) in [5.74, 6) is 3.03. The summed E-state index contributed by atoms with van der Waals surface area (Å²) in [6, 6.07) is 0. The molecular formula is C29H45NO3S. The molecule has 0 aromatic heterocycles. The van der Waals surface area contributed by atoms with Crippen LogP contribution >= 0.6 is 11.8 Å². The third kappa shape index (κ3) is 9.07. The largest absolute Gasteiger partial charge is 0.513 e. The van der Waals surface area contributed by atoms with Crippen molar-refractivity contribution in [3.63, 3.8) is 0 Å². The first kappa shape index (κ1) is 28.4. The predicted molar refractivity (Wildman–Crippen MR) is 147 cm³/mol. The Balaban J connectivity index is 1.90. The lowest BCUT2D eigenvalue weighted by molar-refractivity contribution is -0.0232. The SMILES string of the molecule is C=C(O)/C=C\[C@@H](CC)CS[C@H]1CC(O)=CCC1C(=C)/C(=C/C)CCC(=C)OC1CN(CCC)C1. The van der Waals surface area contributed by atoms with Crippen LogP contribution in [-0.4, -0.2) is 51.9 Å². The summed E-state index contributed by atoms with van der Waals surface area (Å²) in [6.07, 6.45) is 13.5. The molecule has 1 heterocycles. The van der Waals surface area contributed by atoms with Crippen molar-refractivity contribution < 1.29 is 14.9 Å². The fourth-order valence-corrected chi connectivity index (χ4v) is 6.22. The van der Waals surface area contributed by atoms with Gasteiger partial charge in [-0.05, 0) is 80.0 Å². The van der Waals surface area contributed by atoms with Crippen LogP contribution in [0.25, 0.3) is 0 Å². The van der Waals surface area contributed by atoms with Crippen LogP contribution in [-0.2, 0) is 4.74 Å². The number of aliphatic hydroxyl groups is 2. The number of allylic oxidation sites excluding steroid dienone is 8. The Labute approximate surface area is 211 Å². The molecule has 4 nitrogen and oxygen atoms in total. The van der Waals surface area contributed by atoms with E-state index >= 15 is 0 Å². The quantitative estimate of drug-likeness (QED) is 0.185. The lowest BCUT2D eigenvalue weighted by Gasteiger charge is -2.39. The first-order chi connectivity index (χ1) is 16.3. The molecule has 3 atom stereocenters. The molecule has 2 aliphatic rings. The van der Waals surface area contributed by atoms with Gasteiger partial charge in [-0.2, -0.15) is 11.8 Å². The number of nitrogens with zero attached hydrogens (tertiary/aromatic N) is 1. The normalized spacial score (nSPS) is 22.8. The van der Waals surface area contributed by atoms with E-state index in [1.54, 1.807) is 6.08 Å². The van der Waals surface area contributed by atoms with Crippen molar-refractivity contribution in [1.29, 1.82) is 0 Å². The Morgan fingerprint density at radius 1 is 1.26 bits per heavy atom. The van der Waals surface area contributed by atoms with Gasteiger partial charge in [0.1, 0.15) is 11.9 Å². The molecule has 1 fully saturated rings. The van der Waals surface area contributed by atoms with E-state index in [2.05, 4.69) is 51.5 Å². The predicted octanol–water partition coefficient (Wildman–Crippen LogP) is 7.50. The molecule has 1 aliphatic heterocycles. The van der Waals surface area contributed by atoms with Crippen molar-refractivity contribution in [2.45, 2.75) is 70.7 Å². The van der Waals surface area contributed by atoms with Crippen molar-refractivity contribution in [2.24, 2.45) is 11.8 Å². The minimum Gasteiger partial charge on any atom is -0.513 e. The van der Waals surface area contributed by atoms with Crippen molar-refractivity contribution in [1.82, 2.24) is 4.90 Å². The van der Waals surface area contributed by atoms with Crippen LogP contribution in [0.5, 0.6) is 0 Å². The highest BCUT2D eigenvalue weighted by Gasteiger charge is 2.30. The average Bonchev–Trinajstić information content (AvgIpc) is 2.78. The zero-order valence-corrected chi connectivity index (χ0v) is 22.3. The molecule has 5 heteroatoms. The maximum atomic E-state index is 10.2. The van der Waals surface area contributed by atoms with E-state index in [-0.39, 0.29) is 17.1 Å². The zero-order chi connectivity index (χ0) is 25.1. The van der Waals surface area contributed by atoms with Crippen molar-refractivity contribution in [3.05, 3.63) is 72.5 Å². The molecule has 1 saturated heterocycles. The van der Waals surface area contributed by atoms with E-state index in [0.717, 1.165) is 56.8 Å². The van der Waals surface area contributed by atoms with E-state index in [1.165, 1.54) is 17.6 Å². The van der Waals surface area contributed by atoms with Gasteiger partial charge >= 0.3 is 0 Å². The molecular weight excluding hydrogens is 442 g/mol. The van der Waals surface area contributed by atoms with Crippen LogP contribution in [0.3, 0.4) is 0 Å². The standard InChI is InChI=1S/C29H45NO3S/c1-7-16-30-18-27(19-30)33-22(5)11-13-25(9-3)23(6)28-15-14-26(32)17-29(28)34-20-24(8-2)12-10-21(4)31/h9-10,12,14,24,27-29,31-32H,4-8,11,13,15-20H2,1-3H3/b12-10-,25-9+/t24-,28?,29+/m1/s1. The third-order valence-corrected chi connectivity index (χ3v) is 8.30. The summed E-state index contributed by atoms with van der Waals surface area (Å²) in [4.78, 5) is 2.42. The molecule has 1 aliphatic carbocycles. The van der Waals surface area contributed by atoms with Gasteiger partial charge in [-0.3, -0.25) is 4.90 Å². The topological polar surface area (TPSA) is 52.9 Å². The lowest BCUT2D eigenvalue weighted by Crippen LogP contribution is -2.52. The Morgan fingerprint density at radius 3 is 2.62 bits per heavy atom. The molecule has 34 heavy (non-hydrogen) atoms. The van der Waals surface area contributed by atoms with E-state index in [9.17, 15) is 10.2 Å². The minimum absolute atomic E-state index is 0.0897. The summed E-state index contributed by atoms with van der Waals surface area (Å²) in [6.45, 7) is 21.8. The van der Waals surface area contributed by atoms with Crippen molar-refractivity contribution in [2.75, 3.05) is 25.4 Å². The van der Waals surface area contributed by atoms with E-state index in [4.69, 9.17) is 4.74 Å². The molecule has 0 amide bonds. The van der Waals surface area contributed by atoms with Crippen LogP contribution < -0.4 is 0 Å². The molecule has 0 saturated carbocycles. The highest BCUT2D eigenvalue weighted by atomic mass is 32.2. The monoisotopic (exact) mass is 487 g/mol. The van der Waals surface area contributed by atoms with Crippen molar-refractivity contribution in [3.8, 4) is 0 Å². The highest BCUT2D eigenvalue weighted by Crippen LogP contribution is 2.40. The molecule has 2 rings (SSSR count). The second kappa shape index (κ2) is 14.5. The van der Waals surface area contributed by atoms with Crippen LogP contribution in [0, 0.1) is 11.8 Å². The van der Waals surface area contributed by atoms with Gasteiger partial charge in [0.25, 0.3) is 0 Å². The van der Waals surface area contributed by atoms with Gasteiger partial charge in [0.05, 0.1) is 11.5 Å². The van der Waals surface area contributed by atoms with Gasteiger partial charge in [-0.25, -0.2) is 0 Å². The molecule has 0 spiro atoms. The van der Waals surface area contributed by atoms with Crippen LogP contribution in [0.2, 0.25) is 0 Å². The Morgan fingerprint density at radius 2 is 2.00 bits per heavy atom. The fourth-order valence-electron chi connectivity index (χ4n) is 4.59.